The lowest BCUT2D eigenvalue weighted by Crippen LogP contribution is -2.45. The second kappa shape index (κ2) is 5.52. The molecular formula is C11H12ClN3O4. The van der Waals surface area contributed by atoms with Crippen LogP contribution in [0.5, 0.6) is 0 Å². The Labute approximate surface area is 114 Å². The van der Waals surface area contributed by atoms with Crippen LogP contribution in [0.2, 0.25) is 5.02 Å². The van der Waals surface area contributed by atoms with Gasteiger partial charge in [-0.3, -0.25) is 9.90 Å². The lowest BCUT2D eigenvalue weighted by molar-refractivity contribution is -0.236. The van der Waals surface area contributed by atoms with Gasteiger partial charge in [-0.05, 0) is 12.1 Å². The fourth-order valence-corrected chi connectivity index (χ4v) is 2.28. The molecule has 0 aliphatic carbocycles. The molecule has 1 fully saturated rings. The van der Waals surface area contributed by atoms with Crippen LogP contribution < -0.4 is 10.4 Å². The van der Waals surface area contributed by atoms with Gasteiger partial charge in [-0.25, -0.2) is 15.2 Å². The minimum absolute atomic E-state index is 0.288. The predicted molar refractivity (Wildman–Crippen MR) is 66.4 cm³/mol. The first-order valence-electron chi connectivity index (χ1n) is 5.56. The van der Waals surface area contributed by atoms with Crippen LogP contribution in [0.25, 0.3) is 0 Å². The van der Waals surface area contributed by atoms with Gasteiger partial charge >= 0.3 is 5.97 Å². The van der Waals surface area contributed by atoms with E-state index in [1.54, 1.807) is 19.1 Å². The number of aromatic nitrogens is 1. The minimum Gasteiger partial charge on any atom is -0.302 e. The van der Waals surface area contributed by atoms with Crippen LogP contribution in [-0.4, -0.2) is 34.6 Å². The highest BCUT2D eigenvalue weighted by Gasteiger charge is 2.45. The molecule has 8 heteroatoms. The average molecular weight is 286 g/mol. The van der Waals surface area contributed by atoms with Gasteiger partial charge in [0.2, 0.25) is 0 Å². The van der Waals surface area contributed by atoms with Crippen LogP contribution in [0.1, 0.15) is 6.92 Å². The third kappa shape index (κ3) is 2.40. The molecule has 0 amide bonds. The van der Waals surface area contributed by atoms with Crippen molar-refractivity contribution in [1.82, 2.24) is 10.4 Å². The molecular weight excluding hydrogens is 274 g/mol. The van der Waals surface area contributed by atoms with E-state index < -0.39 is 24.0 Å². The fraction of sp³-hybridized carbons (Fsp3) is 0.364. The first kappa shape index (κ1) is 13.7. The van der Waals surface area contributed by atoms with Crippen LogP contribution in [0.15, 0.2) is 18.3 Å². The van der Waals surface area contributed by atoms with Crippen molar-refractivity contribution in [2.45, 2.75) is 19.0 Å². The molecule has 3 atom stereocenters. The summed E-state index contributed by atoms with van der Waals surface area (Å²) < 4.78 is 0. The summed E-state index contributed by atoms with van der Waals surface area (Å²) in [6.07, 6.45) is 2.18. The molecule has 0 aromatic carbocycles. The molecule has 19 heavy (non-hydrogen) atoms. The van der Waals surface area contributed by atoms with Gasteiger partial charge < -0.3 is 4.79 Å². The van der Waals surface area contributed by atoms with Gasteiger partial charge in [0.25, 0.3) is 0 Å². The van der Waals surface area contributed by atoms with Crippen molar-refractivity contribution >= 4 is 29.7 Å². The number of hydrogen-bond donors (Lipinski definition) is 2. The number of carbonyl (C=O) groups excluding carboxylic acids is 2. The number of rotatable bonds is 3. The maximum Gasteiger partial charge on any atom is 0.366 e. The number of hydrogen-bond acceptors (Lipinski definition) is 7. The number of aldehydes is 1. The van der Waals surface area contributed by atoms with Gasteiger partial charge in [0.05, 0.1) is 11.1 Å². The summed E-state index contributed by atoms with van der Waals surface area (Å²) in [6.45, 7) is 1.69. The van der Waals surface area contributed by atoms with Crippen molar-refractivity contribution in [3.8, 4) is 0 Å². The van der Waals surface area contributed by atoms with Crippen molar-refractivity contribution in [2.24, 2.45) is 5.92 Å². The summed E-state index contributed by atoms with van der Waals surface area (Å²) in [6, 6.07) is 1.75. The predicted octanol–water partition coefficient (Wildman–Crippen LogP) is 0.648. The van der Waals surface area contributed by atoms with Crippen LogP contribution in [0.4, 0.5) is 5.82 Å². The molecule has 2 rings (SSSR count). The Morgan fingerprint density at radius 3 is 3.00 bits per heavy atom. The van der Waals surface area contributed by atoms with E-state index >= 15 is 0 Å². The Morgan fingerprint density at radius 1 is 1.68 bits per heavy atom. The average Bonchev–Trinajstić information content (AvgIpc) is 2.75. The molecule has 2 N–H and O–H groups in total. The summed E-state index contributed by atoms with van der Waals surface area (Å²) in [5.41, 5.74) is 2.82. The number of nitrogens with zero attached hydrogens (tertiary/aromatic N) is 2. The molecule has 0 bridgehead atoms. The van der Waals surface area contributed by atoms with Gasteiger partial charge in [-0.1, -0.05) is 18.5 Å². The summed E-state index contributed by atoms with van der Waals surface area (Å²) >= 11 is 6.01. The molecule has 1 aliphatic rings. The van der Waals surface area contributed by atoms with E-state index in [4.69, 9.17) is 16.9 Å². The quantitative estimate of drug-likeness (QED) is 0.478. The number of nitrogens with one attached hydrogen (secondary N) is 1. The van der Waals surface area contributed by atoms with Crippen molar-refractivity contribution in [1.29, 1.82) is 0 Å². The molecule has 7 nitrogen and oxygen atoms in total. The molecule has 1 aliphatic heterocycles. The van der Waals surface area contributed by atoms with E-state index in [1.807, 2.05) is 0 Å². The van der Waals surface area contributed by atoms with Crippen LogP contribution in [-0.2, 0) is 14.5 Å². The zero-order chi connectivity index (χ0) is 14.0. The Balaban J connectivity index is 2.40. The molecule has 1 aromatic rings. The third-order valence-corrected chi connectivity index (χ3v) is 3.37. The number of anilines is 1. The molecule has 3 unspecified atom stereocenters. The monoisotopic (exact) mass is 285 g/mol. The first-order chi connectivity index (χ1) is 9.10. The summed E-state index contributed by atoms with van der Waals surface area (Å²) in [7, 11) is 0. The van der Waals surface area contributed by atoms with Crippen molar-refractivity contribution in [3.63, 3.8) is 0 Å². The molecule has 0 saturated carbocycles. The highest BCUT2D eigenvalue weighted by atomic mass is 35.5. The van der Waals surface area contributed by atoms with E-state index in [1.165, 1.54) is 11.2 Å². The van der Waals surface area contributed by atoms with E-state index in [0.29, 0.717) is 11.3 Å². The van der Waals surface area contributed by atoms with Crippen LogP contribution in [0.3, 0.4) is 0 Å². The molecule has 0 radical (unpaired) electrons. The molecule has 2 heterocycles. The Bertz CT molecular complexity index is 499. The van der Waals surface area contributed by atoms with Gasteiger partial charge in [0.15, 0.2) is 11.9 Å². The maximum absolute atomic E-state index is 11.6. The maximum atomic E-state index is 11.6. The smallest absolute Gasteiger partial charge is 0.302 e. The second-order valence-corrected chi connectivity index (χ2v) is 4.59. The number of halogens is 1. The fourth-order valence-electron chi connectivity index (χ4n) is 2.07. The SMILES string of the molecule is CC1C(C=O)NN(c2ncccc2Cl)C1C(=O)OO. The number of pyridine rings is 1. The highest BCUT2D eigenvalue weighted by molar-refractivity contribution is 6.33. The number of carbonyl (C=O) groups is 2. The number of hydrazine groups is 1. The Kier molecular flexibility index (Phi) is 3.98. The van der Waals surface area contributed by atoms with E-state index in [-0.39, 0.29) is 5.82 Å². The lowest BCUT2D eigenvalue weighted by atomic mass is 9.97. The Hall–Kier alpha value is -1.70. The lowest BCUT2D eigenvalue weighted by Gasteiger charge is -2.24. The first-order valence-corrected chi connectivity index (χ1v) is 5.94. The second-order valence-electron chi connectivity index (χ2n) is 4.18. The Morgan fingerprint density at radius 2 is 2.42 bits per heavy atom. The van der Waals surface area contributed by atoms with Gasteiger partial charge in [0.1, 0.15) is 6.29 Å². The zero-order valence-electron chi connectivity index (χ0n) is 9.99. The highest BCUT2D eigenvalue weighted by Crippen LogP contribution is 2.30. The van der Waals surface area contributed by atoms with Crippen molar-refractivity contribution < 1.29 is 19.7 Å². The van der Waals surface area contributed by atoms with E-state index in [2.05, 4.69) is 15.3 Å². The normalized spacial score (nSPS) is 26.3. The molecule has 0 spiro atoms. The third-order valence-electron chi connectivity index (χ3n) is 3.08. The van der Waals surface area contributed by atoms with Crippen LogP contribution in [0, 0.1) is 5.92 Å². The molecule has 1 saturated heterocycles. The van der Waals surface area contributed by atoms with Gasteiger partial charge in [-0.15, -0.1) is 0 Å². The van der Waals surface area contributed by atoms with Gasteiger partial charge in [-0.2, -0.15) is 5.26 Å². The summed E-state index contributed by atoms with van der Waals surface area (Å²) in [4.78, 5) is 30.5. The standard InChI is InChI=1S/C11H12ClN3O4/c1-6-8(5-16)14-15(9(6)11(17)19-18)10-7(12)3-2-4-13-10/h2-6,8-9,14,18H,1H3. The van der Waals surface area contributed by atoms with Crippen molar-refractivity contribution in [3.05, 3.63) is 23.4 Å². The largest absolute Gasteiger partial charge is 0.366 e. The van der Waals surface area contributed by atoms with E-state index in [9.17, 15) is 9.59 Å². The summed E-state index contributed by atoms with van der Waals surface area (Å²) in [5.74, 6) is -1.00. The molecule has 102 valence electrons. The molecule has 1 aromatic heterocycles. The van der Waals surface area contributed by atoms with Crippen molar-refractivity contribution in [2.75, 3.05) is 5.01 Å². The summed E-state index contributed by atoms with van der Waals surface area (Å²) in [5, 5.41) is 10.2. The van der Waals surface area contributed by atoms with Gasteiger partial charge in [0, 0.05) is 12.1 Å². The van der Waals surface area contributed by atoms with Crippen LogP contribution >= 0.6 is 11.6 Å². The van der Waals surface area contributed by atoms with E-state index in [0.717, 1.165) is 0 Å². The minimum atomic E-state index is -0.896. The zero-order valence-corrected chi connectivity index (χ0v) is 10.7. The topological polar surface area (TPSA) is 91.8 Å².